The summed E-state index contributed by atoms with van der Waals surface area (Å²) in [6.45, 7) is 3.40. The van der Waals surface area contributed by atoms with Crippen molar-refractivity contribution in [3.8, 4) is 0 Å². The van der Waals surface area contributed by atoms with Crippen LogP contribution >= 0.6 is 0 Å². The van der Waals surface area contributed by atoms with Crippen LogP contribution in [-0.2, 0) is 19.6 Å². The second-order valence-corrected chi connectivity index (χ2v) is 8.52. The third-order valence-corrected chi connectivity index (χ3v) is 6.60. The van der Waals surface area contributed by atoms with Gasteiger partial charge in [0.15, 0.2) is 0 Å². The Kier molecular flexibility index (Phi) is 6.35. The van der Waals surface area contributed by atoms with Gasteiger partial charge in [-0.15, -0.1) is 0 Å². The summed E-state index contributed by atoms with van der Waals surface area (Å²) in [6, 6.07) is 3.99. The lowest BCUT2D eigenvalue weighted by Crippen LogP contribution is -2.48. The van der Waals surface area contributed by atoms with Gasteiger partial charge in [-0.25, -0.2) is 12.8 Å². The third-order valence-electron chi connectivity index (χ3n) is 4.72. The number of amides is 1. The van der Waals surface area contributed by atoms with E-state index >= 15 is 0 Å². The summed E-state index contributed by atoms with van der Waals surface area (Å²) in [4.78, 5) is 23.4. The van der Waals surface area contributed by atoms with Crippen molar-refractivity contribution >= 4 is 21.9 Å². The van der Waals surface area contributed by atoms with Gasteiger partial charge in [0.1, 0.15) is 5.82 Å². The predicted octanol–water partition coefficient (Wildman–Crippen LogP) is 1.45. The zero-order valence-electron chi connectivity index (χ0n) is 14.7. The topological polar surface area (TPSA) is 104 Å². The Morgan fingerprint density at radius 1 is 1.27 bits per heavy atom. The van der Waals surface area contributed by atoms with E-state index in [9.17, 15) is 22.4 Å². The number of hydrogen-bond acceptors (Lipinski definition) is 4. The smallest absolute Gasteiger partial charge is 0.308 e. The monoisotopic (exact) mass is 386 g/mol. The molecule has 26 heavy (non-hydrogen) atoms. The first-order chi connectivity index (χ1) is 12.1. The van der Waals surface area contributed by atoms with Crippen molar-refractivity contribution in [1.82, 2.24) is 9.62 Å². The summed E-state index contributed by atoms with van der Waals surface area (Å²) < 4.78 is 39.6. The molecule has 144 valence electrons. The zero-order chi connectivity index (χ0) is 19.5. The number of sulfonamides is 1. The summed E-state index contributed by atoms with van der Waals surface area (Å²) in [6.07, 6.45) is 1.04. The van der Waals surface area contributed by atoms with Crippen molar-refractivity contribution in [3.63, 3.8) is 0 Å². The number of benzene rings is 1. The number of aliphatic carboxylic acids is 1. The van der Waals surface area contributed by atoms with E-state index in [0.717, 1.165) is 12.1 Å². The van der Waals surface area contributed by atoms with Crippen LogP contribution in [-0.4, -0.2) is 48.8 Å². The fourth-order valence-corrected chi connectivity index (χ4v) is 4.34. The minimum absolute atomic E-state index is 0.0136. The van der Waals surface area contributed by atoms with Crippen LogP contribution in [0.1, 0.15) is 26.7 Å². The molecule has 0 radical (unpaired) electrons. The molecule has 9 heteroatoms. The van der Waals surface area contributed by atoms with Crippen LogP contribution in [0.4, 0.5) is 4.39 Å². The summed E-state index contributed by atoms with van der Waals surface area (Å²) in [5.74, 6) is -3.20. The summed E-state index contributed by atoms with van der Waals surface area (Å²) in [7, 11) is -3.81. The molecule has 0 aromatic heterocycles. The van der Waals surface area contributed by atoms with E-state index < -0.39 is 39.7 Å². The number of rotatable bonds is 6. The maximum Gasteiger partial charge on any atom is 0.308 e. The molecule has 1 aromatic rings. The molecule has 3 unspecified atom stereocenters. The first-order valence-electron chi connectivity index (χ1n) is 8.42. The molecule has 7 nitrogen and oxygen atoms in total. The van der Waals surface area contributed by atoms with E-state index in [1.807, 2.05) is 0 Å². The Morgan fingerprint density at radius 2 is 1.88 bits per heavy atom. The minimum atomic E-state index is -3.81. The van der Waals surface area contributed by atoms with Crippen molar-refractivity contribution in [2.24, 2.45) is 11.8 Å². The molecule has 1 heterocycles. The molecule has 2 rings (SSSR count). The number of carbonyl (C=O) groups excluding carboxylic acids is 1. The Bertz CT molecular complexity index is 766. The number of carbonyl (C=O) groups is 2. The van der Waals surface area contributed by atoms with E-state index in [1.165, 1.54) is 23.4 Å². The Balaban J connectivity index is 2.07. The van der Waals surface area contributed by atoms with Crippen molar-refractivity contribution in [2.75, 3.05) is 13.1 Å². The van der Waals surface area contributed by atoms with Gasteiger partial charge in [-0.05, 0) is 51.0 Å². The summed E-state index contributed by atoms with van der Waals surface area (Å²) in [5.41, 5.74) is 0. The lowest BCUT2D eigenvalue weighted by atomic mass is 9.97. The van der Waals surface area contributed by atoms with Gasteiger partial charge in [0.25, 0.3) is 0 Å². The Hall–Kier alpha value is -2.00. The predicted molar refractivity (Wildman–Crippen MR) is 92.3 cm³/mol. The molecule has 1 aliphatic rings. The third kappa shape index (κ3) is 4.59. The number of carboxylic acid groups (broad SMARTS) is 1. The highest BCUT2D eigenvalue weighted by molar-refractivity contribution is 7.89. The highest BCUT2D eigenvalue weighted by Gasteiger charge is 2.34. The van der Waals surface area contributed by atoms with Gasteiger partial charge in [-0.3, -0.25) is 9.59 Å². The number of piperidine rings is 1. The van der Waals surface area contributed by atoms with Crippen LogP contribution in [0, 0.1) is 17.7 Å². The van der Waals surface area contributed by atoms with Gasteiger partial charge in [0.05, 0.1) is 16.7 Å². The second kappa shape index (κ2) is 8.13. The van der Waals surface area contributed by atoms with Gasteiger partial charge < -0.3 is 10.4 Å². The largest absolute Gasteiger partial charge is 0.481 e. The maximum atomic E-state index is 13.0. The number of hydrogen-bond donors (Lipinski definition) is 2. The van der Waals surface area contributed by atoms with E-state index in [-0.39, 0.29) is 23.9 Å². The molecule has 0 saturated carbocycles. The number of carboxylic acids is 1. The molecule has 0 bridgehead atoms. The van der Waals surface area contributed by atoms with Crippen LogP contribution < -0.4 is 5.32 Å². The number of nitrogens with one attached hydrogen (secondary N) is 1. The molecule has 0 spiro atoms. The second-order valence-electron chi connectivity index (χ2n) is 6.58. The van der Waals surface area contributed by atoms with E-state index in [4.69, 9.17) is 5.11 Å². The molecular weight excluding hydrogens is 363 g/mol. The molecule has 1 amide bonds. The average Bonchev–Trinajstić information content (AvgIpc) is 2.61. The van der Waals surface area contributed by atoms with Gasteiger partial charge in [0.2, 0.25) is 15.9 Å². The van der Waals surface area contributed by atoms with Crippen molar-refractivity contribution < 1.29 is 27.5 Å². The van der Waals surface area contributed by atoms with Crippen LogP contribution in [0.25, 0.3) is 0 Å². The van der Waals surface area contributed by atoms with Gasteiger partial charge >= 0.3 is 5.97 Å². The quantitative estimate of drug-likeness (QED) is 0.770. The van der Waals surface area contributed by atoms with E-state index in [0.29, 0.717) is 12.8 Å². The molecular formula is C17H23FN2O5S. The van der Waals surface area contributed by atoms with E-state index in [1.54, 1.807) is 6.92 Å². The SMILES string of the molecule is CC(NC(=O)C1CCCN(S(=O)(=O)c2ccc(F)cc2)C1)C(C)C(=O)O. The van der Waals surface area contributed by atoms with Crippen molar-refractivity contribution in [1.29, 1.82) is 0 Å². The highest BCUT2D eigenvalue weighted by Crippen LogP contribution is 2.24. The van der Waals surface area contributed by atoms with Crippen molar-refractivity contribution in [2.45, 2.75) is 37.6 Å². The number of halogens is 1. The van der Waals surface area contributed by atoms with Gasteiger partial charge in [-0.1, -0.05) is 0 Å². The highest BCUT2D eigenvalue weighted by atomic mass is 32.2. The molecule has 3 atom stereocenters. The molecule has 1 saturated heterocycles. The lowest BCUT2D eigenvalue weighted by molar-refractivity contribution is -0.142. The fourth-order valence-electron chi connectivity index (χ4n) is 2.81. The standard InChI is InChI=1S/C17H23FN2O5S/c1-11(17(22)23)12(2)19-16(21)13-4-3-9-20(10-13)26(24,25)15-7-5-14(18)6-8-15/h5-8,11-13H,3-4,9-10H2,1-2H3,(H,19,21)(H,22,23). The van der Waals surface area contributed by atoms with Gasteiger partial charge in [-0.2, -0.15) is 4.31 Å². The normalized spacial score (nSPS) is 21.0. The summed E-state index contributed by atoms with van der Waals surface area (Å²) >= 11 is 0. The number of nitrogens with zero attached hydrogens (tertiary/aromatic N) is 1. The fraction of sp³-hybridized carbons (Fsp3) is 0.529. The molecule has 1 aromatic carbocycles. The molecule has 2 N–H and O–H groups in total. The van der Waals surface area contributed by atoms with E-state index in [2.05, 4.69) is 5.32 Å². The zero-order valence-corrected chi connectivity index (χ0v) is 15.5. The minimum Gasteiger partial charge on any atom is -0.481 e. The van der Waals surface area contributed by atoms with Crippen LogP contribution in [0.5, 0.6) is 0 Å². The molecule has 0 aliphatic carbocycles. The average molecular weight is 386 g/mol. The van der Waals surface area contributed by atoms with Crippen LogP contribution in [0.3, 0.4) is 0 Å². The Labute approximate surface area is 152 Å². The van der Waals surface area contributed by atoms with Gasteiger partial charge in [0, 0.05) is 19.1 Å². The maximum absolute atomic E-state index is 13.0. The lowest BCUT2D eigenvalue weighted by Gasteiger charge is -2.32. The van der Waals surface area contributed by atoms with Crippen LogP contribution in [0.15, 0.2) is 29.2 Å². The van der Waals surface area contributed by atoms with Crippen molar-refractivity contribution in [3.05, 3.63) is 30.1 Å². The first kappa shape index (κ1) is 20.3. The van der Waals surface area contributed by atoms with Crippen LogP contribution in [0.2, 0.25) is 0 Å². The first-order valence-corrected chi connectivity index (χ1v) is 9.86. The Morgan fingerprint density at radius 3 is 2.46 bits per heavy atom. The summed E-state index contributed by atoms with van der Waals surface area (Å²) in [5, 5.41) is 11.7. The molecule has 1 fully saturated rings. The molecule has 1 aliphatic heterocycles.